The Bertz CT molecular complexity index is 433. The van der Waals surface area contributed by atoms with Gasteiger partial charge in [0.05, 0.1) is 16.9 Å². The Morgan fingerprint density at radius 3 is 2.72 bits per heavy atom. The van der Waals surface area contributed by atoms with Gasteiger partial charge in [-0.3, -0.25) is 9.69 Å². The fourth-order valence-corrected chi connectivity index (χ4v) is 5.01. The predicted molar refractivity (Wildman–Crippen MR) is 68.2 cm³/mol. The number of hydrogen-bond acceptors (Lipinski definition) is 4. The van der Waals surface area contributed by atoms with Gasteiger partial charge in [0.2, 0.25) is 0 Å². The average molecular weight is 275 g/mol. The zero-order valence-corrected chi connectivity index (χ0v) is 11.6. The smallest absolute Gasteiger partial charge is 0.310 e. The number of hydrogen-bond donors (Lipinski definition) is 1. The molecule has 2 unspecified atom stereocenters. The van der Waals surface area contributed by atoms with E-state index in [4.69, 9.17) is 0 Å². The summed E-state index contributed by atoms with van der Waals surface area (Å²) in [5, 5.41) is 9.41. The molecule has 2 atom stereocenters. The standard InChI is InChI=1S/C12H21NO4S/c1-2-4-12(11(14)15)5-6-13(9-12)10-3-7-18(16,17)8-10/h10H,2-9H2,1H3,(H,14,15). The molecule has 2 saturated heterocycles. The molecule has 2 rings (SSSR count). The summed E-state index contributed by atoms with van der Waals surface area (Å²) in [5.74, 6) is -0.274. The van der Waals surface area contributed by atoms with Crippen molar-refractivity contribution in [1.82, 2.24) is 4.90 Å². The van der Waals surface area contributed by atoms with Crippen LogP contribution < -0.4 is 0 Å². The Balaban J connectivity index is 2.05. The van der Waals surface area contributed by atoms with Gasteiger partial charge in [-0.05, 0) is 25.8 Å². The lowest BCUT2D eigenvalue weighted by Crippen LogP contribution is -2.39. The number of carbonyl (C=O) groups is 1. The zero-order chi connectivity index (χ0) is 13.4. The lowest BCUT2D eigenvalue weighted by molar-refractivity contribution is -0.148. The van der Waals surface area contributed by atoms with Crippen LogP contribution in [0.5, 0.6) is 0 Å². The minimum Gasteiger partial charge on any atom is -0.481 e. The van der Waals surface area contributed by atoms with Crippen LogP contribution in [0.15, 0.2) is 0 Å². The van der Waals surface area contributed by atoms with E-state index in [0.29, 0.717) is 32.4 Å². The molecule has 0 aromatic rings. The first-order valence-corrected chi connectivity index (χ1v) is 8.38. The van der Waals surface area contributed by atoms with E-state index in [-0.39, 0.29) is 17.5 Å². The van der Waals surface area contributed by atoms with Gasteiger partial charge < -0.3 is 5.11 Å². The summed E-state index contributed by atoms with van der Waals surface area (Å²) < 4.78 is 23.0. The van der Waals surface area contributed by atoms with Crippen LogP contribution in [0.25, 0.3) is 0 Å². The summed E-state index contributed by atoms with van der Waals surface area (Å²) in [5.41, 5.74) is -0.652. The Hall–Kier alpha value is -0.620. The van der Waals surface area contributed by atoms with Gasteiger partial charge in [0.15, 0.2) is 9.84 Å². The van der Waals surface area contributed by atoms with E-state index in [0.717, 1.165) is 6.42 Å². The van der Waals surface area contributed by atoms with E-state index < -0.39 is 21.2 Å². The molecular formula is C12H21NO4S. The molecule has 18 heavy (non-hydrogen) atoms. The molecule has 5 nitrogen and oxygen atoms in total. The monoisotopic (exact) mass is 275 g/mol. The number of nitrogens with zero attached hydrogens (tertiary/aromatic N) is 1. The number of sulfone groups is 1. The normalized spacial score (nSPS) is 35.9. The lowest BCUT2D eigenvalue weighted by Gasteiger charge is -2.27. The highest BCUT2D eigenvalue weighted by molar-refractivity contribution is 7.91. The SMILES string of the molecule is CCCC1(C(=O)O)CCN(C2CCS(=O)(=O)C2)C1. The van der Waals surface area contributed by atoms with Gasteiger partial charge in [-0.2, -0.15) is 0 Å². The van der Waals surface area contributed by atoms with E-state index in [2.05, 4.69) is 4.90 Å². The second-order valence-corrected chi connectivity index (χ2v) is 7.84. The second-order valence-electron chi connectivity index (χ2n) is 5.61. The average Bonchev–Trinajstić information content (AvgIpc) is 2.83. The Labute approximate surface area is 108 Å². The van der Waals surface area contributed by atoms with Gasteiger partial charge in [0.25, 0.3) is 0 Å². The molecule has 0 aromatic carbocycles. The van der Waals surface area contributed by atoms with Crippen LogP contribution in [0.1, 0.15) is 32.6 Å². The van der Waals surface area contributed by atoms with Crippen molar-refractivity contribution in [3.63, 3.8) is 0 Å². The van der Waals surface area contributed by atoms with Crippen molar-refractivity contribution in [2.75, 3.05) is 24.6 Å². The minimum atomic E-state index is -2.89. The van der Waals surface area contributed by atoms with Crippen LogP contribution >= 0.6 is 0 Å². The molecule has 0 saturated carbocycles. The van der Waals surface area contributed by atoms with Crippen LogP contribution in [0.2, 0.25) is 0 Å². The molecule has 0 aliphatic carbocycles. The van der Waals surface area contributed by atoms with Crippen LogP contribution in [-0.2, 0) is 14.6 Å². The molecule has 1 N–H and O–H groups in total. The summed E-state index contributed by atoms with van der Waals surface area (Å²) in [6.07, 6.45) is 2.83. The quantitative estimate of drug-likeness (QED) is 0.819. The van der Waals surface area contributed by atoms with E-state index in [1.165, 1.54) is 0 Å². The second kappa shape index (κ2) is 4.81. The Morgan fingerprint density at radius 2 is 2.22 bits per heavy atom. The molecule has 2 fully saturated rings. The topological polar surface area (TPSA) is 74.7 Å². The minimum absolute atomic E-state index is 0.0353. The van der Waals surface area contributed by atoms with Gasteiger partial charge in [-0.25, -0.2) is 8.42 Å². The summed E-state index contributed by atoms with van der Waals surface area (Å²) in [6.45, 7) is 3.22. The van der Waals surface area contributed by atoms with Crippen LogP contribution in [-0.4, -0.2) is 55.0 Å². The van der Waals surface area contributed by atoms with Crippen molar-refractivity contribution in [3.05, 3.63) is 0 Å². The van der Waals surface area contributed by atoms with Crippen molar-refractivity contribution in [3.8, 4) is 0 Å². The van der Waals surface area contributed by atoms with Crippen molar-refractivity contribution in [1.29, 1.82) is 0 Å². The fourth-order valence-electron chi connectivity index (χ4n) is 3.24. The maximum absolute atomic E-state index is 11.5. The molecule has 2 aliphatic rings. The number of rotatable bonds is 4. The highest BCUT2D eigenvalue weighted by Crippen LogP contribution is 2.37. The first-order chi connectivity index (χ1) is 8.38. The summed E-state index contributed by atoms with van der Waals surface area (Å²) >= 11 is 0. The summed E-state index contributed by atoms with van der Waals surface area (Å²) in [4.78, 5) is 13.5. The lowest BCUT2D eigenvalue weighted by atomic mass is 9.83. The molecule has 104 valence electrons. The van der Waals surface area contributed by atoms with Gasteiger partial charge in [0.1, 0.15) is 0 Å². The molecule has 2 aliphatic heterocycles. The molecule has 0 bridgehead atoms. The third-order valence-corrected chi connectivity index (χ3v) is 6.04. The summed E-state index contributed by atoms with van der Waals surface area (Å²) in [6, 6.07) is 0.0353. The molecular weight excluding hydrogens is 254 g/mol. The largest absolute Gasteiger partial charge is 0.481 e. The molecule has 0 spiro atoms. The molecule has 0 radical (unpaired) electrons. The van der Waals surface area contributed by atoms with Crippen molar-refractivity contribution in [2.24, 2.45) is 5.41 Å². The van der Waals surface area contributed by atoms with E-state index in [9.17, 15) is 18.3 Å². The van der Waals surface area contributed by atoms with Gasteiger partial charge in [0, 0.05) is 12.6 Å². The van der Waals surface area contributed by atoms with Crippen molar-refractivity contribution in [2.45, 2.75) is 38.6 Å². The van der Waals surface area contributed by atoms with Crippen LogP contribution in [0, 0.1) is 5.41 Å². The first-order valence-electron chi connectivity index (χ1n) is 6.56. The number of carboxylic acids is 1. The Morgan fingerprint density at radius 1 is 1.50 bits per heavy atom. The van der Waals surface area contributed by atoms with Crippen LogP contribution in [0.3, 0.4) is 0 Å². The maximum atomic E-state index is 11.5. The van der Waals surface area contributed by atoms with Crippen molar-refractivity contribution < 1.29 is 18.3 Å². The van der Waals surface area contributed by atoms with Crippen LogP contribution in [0.4, 0.5) is 0 Å². The van der Waals surface area contributed by atoms with Gasteiger partial charge in [-0.15, -0.1) is 0 Å². The third-order valence-electron chi connectivity index (χ3n) is 4.29. The molecule has 2 heterocycles. The highest BCUT2D eigenvalue weighted by Gasteiger charge is 2.47. The first kappa shape index (κ1) is 13.8. The molecule has 0 amide bonds. The van der Waals surface area contributed by atoms with Gasteiger partial charge >= 0.3 is 5.97 Å². The number of likely N-dealkylation sites (tertiary alicyclic amines) is 1. The van der Waals surface area contributed by atoms with E-state index >= 15 is 0 Å². The molecule has 0 aromatic heterocycles. The summed E-state index contributed by atoms with van der Waals surface area (Å²) in [7, 11) is -2.89. The molecule has 6 heteroatoms. The fraction of sp³-hybridized carbons (Fsp3) is 0.917. The zero-order valence-electron chi connectivity index (χ0n) is 10.8. The highest BCUT2D eigenvalue weighted by atomic mass is 32.2. The Kier molecular flexibility index (Phi) is 3.69. The number of carboxylic acid groups (broad SMARTS) is 1. The van der Waals surface area contributed by atoms with Crippen molar-refractivity contribution >= 4 is 15.8 Å². The van der Waals surface area contributed by atoms with Gasteiger partial charge in [-0.1, -0.05) is 13.3 Å². The van der Waals surface area contributed by atoms with E-state index in [1.54, 1.807) is 0 Å². The predicted octanol–water partition coefficient (Wildman–Crippen LogP) is 0.750. The van der Waals surface area contributed by atoms with E-state index in [1.807, 2.05) is 6.92 Å². The number of aliphatic carboxylic acids is 1. The third kappa shape index (κ3) is 2.54. The maximum Gasteiger partial charge on any atom is 0.310 e.